The number of urea groups is 1. The molecule has 1 unspecified atom stereocenters. The average Bonchev–Trinajstić information content (AvgIpc) is 2.73. The van der Waals surface area contributed by atoms with E-state index in [1.807, 2.05) is 63.2 Å². The minimum Gasteiger partial charge on any atom is -0.444 e. The summed E-state index contributed by atoms with van der Waals surface area (Å²) < 4.78 is 5.41. The van der Waals surface area contributed by atoms with Gasteiger partial charge in [0.05, 0.1) is 12.6 Å². The zero-order valence-corrected chi connectivity index (χ0v) is 18.4. The van der Waals surface area contributed by atoms with Gasteiger partial charge in [-0.1, -0.05) is 42.5 Å². The van der Waals surface area contributed by atoms with Crippen LogP contribution in [0.25, 0.3) is 0 Å². The van der Waals surface area contributed by atoms with Crippen LogP contribution in [0.5, 0.6) is 0 Å². The monoisotopic (exact) mass is 425 g/mol. The molecule has 1 atom stereocenters. The van der Waals surface area contributed by atoms with Gasteiger partial charge in [0.15, 0.2) is 0 Å². The molecule has 1 saturated heterocycles. The number of amides is 3. The Hall–Kier alpha value is -3.06. The Labute approximate surface area is 183 Å². The van der Waals surface area contributed by atoms with Gasteiger partial charge in [0, 0.05) is 25.3 Å². The fourth-order valence-electron chi connectivity index (χ4n) is 3.56. The molecular formula is C24H31N3O4. The summed E-state index contributed by atoms with van der Waals surface area (Å²) >= 11 is 0. The van der Waals surface area contributed by atoms with Gasteiger partial charge in [-0.15, -0.1) is 0 Å². The van der Waals surface area contributed by atoms with Gasteiger partial charge < -0.3 is 25.0 Å². The zero-order chi connectivity index (χ0) is 22.4. The van der Waals surface area contributed by atoms with Crippen LogP contribution in [0.3, 0.4) is 0 Å². The van der Waals surface area contributed by atoms with Crippen LogP contribution in [0.2, 0.25) is 0 Å². The maximum absolute atomic E-state index is 12.9. The van der Waals surface area contributed by atoms with Gasteiger partial charge in [-0.3, -0.25) is 0 Å². The van der Waals surface area contributed by atoms with Gasteiger partial charge in [-0.05, 0) is 50.5 Å². The molecule has 7 nitrogen and oxygen atoms in total. The van der Waals surface area contributed by atoms with E-state index >= 15 is 0 Å². The van der Waals surface area contributed by atoms with E-state index in [1.54, 1.807) is 4.90 Å². The summed E-state index contributed by atoms with van der Waals surface area (Å²) in [6.07, 6.45) is 0.345. The lowest BCUT2D eigenvalue weighted by Gasteiger charge is -2.40. The van der Waals surface area contributed by atoms with Crippen molar-refractivity contribution >= 4 is 17.8 Å². The molecule has 0 saturated carbocycles. The van der Waals surface area contributed by atoms with Gasteiger partial charge in [0.25, 0.3) is 0 Å². The lowest BCUT2D eigenvalue weighted by Crippen LogP contribution is -2.59. The number of rotatable bonds is 4. The molecule has 1 aliphatic rings. The van der Waals surface area contributed by atoms with E-state index < -0.39 is 17.7 Å². The van der Waals surface area contributed by atoms with E-state index in [-0.39, 0.29) is 19.2 Å². The fourth-order valence-corrected chi connectivity index (χ4v) is 3.56. The highest BCUT2D eigenvalue weighted by Crippen LogP contribution is 2.18. The number of nitrogens with one attached hydrogen (secondary N) is 1. The van der Waals surface area contributed by atoms with Gasteiger partial charge in [0.1, 0.15) is 5.60 Å². The molecule has 3 amide bonds. The molecule has 0 aliphatic carbocycles. The number of anilines is 1. The molecule has 2 aromatic rings. The van der Waals surface area contributed by atoms with Crippen molar-refractivity contribution < 1.29 is 19.4 Å². The van der Waals surface area contributed by atoms with Crippen molar-refractivity contribution in [3.8, 4) is 0 Å². The molecule has 0 aromatic heterocycles. The highest BCUT2D eigenvalue weighted by Gasteiger charge is 2.34. The number of ether oxygens (including phenoxy) is 1. The standard InChI is InChI=1S/C24H31N3O4/c1-24(2,3)31-23(30)26-12-13-27(21(16-26)17-28)22(29)25-20-11-7-10-19(15-20)14-18-8-5-4-6-9-18/h4-11,15,21,28H,12-14,16-17H2,1-3H3,(H,25,29). The molecule has 2 N–H and O–H groups in total. The molecule has 166 valence electrons. The molecule has 2 aromatic carbocycles. The van der Waals surface area contributed by atoms with Crippen molar-refractivity contribution in [1.29, 1.82) is 0 Å². The largest absolute Gasteiger partial charge is 0.444 e. The summed E-state index contributed by atoms with van der Waals surface area (Å²) in [5.74, 6) is 0. The van der Waals surface area contributed by atoms with Crippen molar-refractivity contribution in [1.82, 2.24) is 9.80 Å². The van der Waals surface area contributed by atoms with Crippen molar-refractivity contribution in [3.63, 3.8) is 0 Å². The summed E-state index contributed by atoms with van der Waals surface area (Å²) in [5, 5.41) is 12.7. The summed E-state index contributed by atoms with van der Waals surface area (Å²) in [5.41, 5.74) is 2.40. The molecular weight excluding hydrogens is 394 g/mol. The topological polar surface area (TPSA) is 82.1 Å². The second-order valence-electron chi connectivity index (χ2n) is 8.75. The van der Waals surface area contributed by atoms with E-state index in [9.17, 15) is 14.7 Å². The first-order valence-electron chi connectivity index (χ1n) is 10.5. The van der Waals surface area contributed by atoms with Gasteiger partial charge in [-0.2, -0.15) is 0 Å². The number of carbonyl (C=O) groups is 2. The second-order valence-corrected chi connectivity index (χ2v) is 8.75. The number of aliphatic hydroxyl groups excluding tert-OH is 1. The summed E-state index contributed by atoms with van der Waals surface area (Å²) in [4.78, 5) is 28.3. The first-order valence-corrected chi connectivity index (χ1v) is 10.5. The van der Waals surface area contributed by atoms with E-state index in [1.165, 1.54) is 10.5 Å². The highest BCUT2D eigenvalue weighted by molar-refractivity contribution is 5.90. The third-order valence-corrected chi connectivity index (χ3v) is 5.04. The minimum atomic E-state index is -0.592. The van der Waals surface area contributed by atoms with E-state index in [4.69, 9.17) is 4.74 Å². The van der Waals surface area contributed by atoms with Crippen molar-refractivity contribution in [2.24, 2.45) is 0 Å². The van der Waals surface area contributed by atoms with Crippen LogP contribution in [-0.2, 0) is 11.2 Å². The quantitative estimate of drug-likeness (QED) is 0.782. The second kappa shape index (κ2) is 9.83. The molecule has 7 heteroatoms. The fraction of sp³-hybridized carbons (Fsp3) is 0.417. The third-order valence-electron chi connectivity index (χ3n) is 5.04. The molecule has 0 bridgehead atoms. The first kappa shape index (κ1) is 22.6. The number of hydrogen-bond donors (Lipinski definition) is 2. The predicted octanol–water partition coefficient (Wildman–Crippen LogP) is 3.72. The lowest BCUT2D eigenvalue weighted by molar-refractivity contribution is 0.00415. The number of benzene rings is 2. The number of hydrogen-bond acceptors (Lipinski definition) is 4. The number of nitrogens with zero attached hydrogens (tertiary/aromatic N) is 2. The maximum Gasteiger partial charge on any atom is 0.410 e. The van der Waals surface area contributed by atoms with Crippen LogP contribution in [0.15, 0.2) is 54.6 Å². The van der Waals surface area contributed by atoms with Crippen LogP contribution >= 0.6 is 0 Å². The van der Waals surface area contributed by atoms with Gasteiger partial charge in [-0.25, -0.2) is 9.59 Å². The number of piperazine rings is 1. The highest BCUT2D eigenvalue weighted by atomic mass is 16.6. The average molecular weight is 426 g/mol. The first-order chi connectivity index (χ1) is 14.7. The molecule has 1 aliphatic heterocycles. The Bertz CT molecular complexity index is 895. The lowest BCUT2D eigenvalue weighted by atomic mass is 10.0. The SMILES string of the molecule is CC(C)(C)OC(=O)N1CCN(C(=O)Nc2cccc(Cc3ccccc3)c2)C(CO)C1. The molecule has 0 spiro atoms. The Morgan fingerprint density at radius 1 is 1.06 bits per heavy atom. The third kappa shape index (κ3) is 6.46. The zero-order valence-electron chi connectivity index (χ0n) is 18.4. The Kier molecular flexibility index (Phi) is 7.17. The normalized spacial score (nSPS) is 16.7. The predicted molar refractivity (Wildman–Crippen MR) is 120 cm³/mol. The maximum atomic E-state index is 12.9. The smallest absolute Gasteiger partial charge is 0.410 e. The molecule has 1 heterocycles. The molecule has 0 radical (unpaired) electrons. The number of aliphatic hydroxyl groups is 1. The Morgan fingerprint density at radius 2 is 1.77 bits per heavy atom. The van der Waals surface area contributed by atoms with Crippen LogP contribution in [0.1, 0.15) is 31.9 Å². The van der Waals surface area contributed by atoms with E-state index in [2.05, 4.69) is 17.4 Å². The van der Waals surface area contributed by atoms with E-state index in [0.29, 0.717) is 18.8 Å². The molecule has 3 rings (SSSR count). The van der Waals surface area contributed by atoms with Crippen molar-refractivity contribution in [3.05, 3.63) is 65.7 Å². The Morgan fingerprint density at radius 3 is 2.45 bits per heavy atom. The van der Waals surface area contributed by atoms with Crippen molar-refractivity contribution in [2.45, 2.75) is 38.8 Å². The van der Waals surface area contributed by atoms with Crippen LogP contribution in [0, 0.1) is 0 Å². The molecule has 1 fully saturated rings. The van der Waals surface area contributed by atoms with Crippen LogP contribution in [0.4, 0.5) is 15.3 Å². The Balaban J connectivity index is 1.61. The van der Waals surface area contributed by atoms with Crippen molar-refractivity contribution in [2.75, 3.05) is 31.6 Å². The number of carbonyl (C=O) groups excluding carboxylic acids is 2. The summed E-state index contributed by atoms with van der Waals surface area (Å²) in [6.45, 7) is 6.10. The van der Waals surface area contributed by atoms with Crippen LogP contribution < -0.4 is 5.32 Å². The van der Waals surface area contributed by atoms with E-state index in [0.717, 1.165) is 12.0 Å². The molecule has 31 heavy (non-hydrogen) atoms. The minimum absolute atomic E-state index is 0.229. The van der Waals surface area contributed by atoms with Gasteiger partial charge in [0.2, 0.25) is 0 Å². The summed E-state index contributed by atoms with van der Waals surface area (Å²) in [7, 11) is 0. The van der Waals surface area contributed by atoms with Gasteiger partial charge >= 0.3 is 12.1 Å². The summed E-state index contributed by atoms with van der Waals surface area (Å²) in [6, 6.07) is 17.1. The van der Waals surface area contributed by atoms with Crippen LogP contribution in [-0.4, -0.2) is 64.9 Å².